The first-order chi connectivity index (χ1) is 20.1. The minimum Gasteiger partial charge on any atom is -0.397 e. The van der Waals surface area contributed by atoms with E-state index >= 15 is 0 Å². The zero-order chi connectivity index (χ0) is 29.6. The molecule has 0 spiro atoms. The summed E-state index contributed by atoms with van der Waals surface area (Å²) in [5, 5.41) is 6.08. The molecule has 3 aromatic carbocycles. The highest BCUT2D eigenvalue weighted by Crippen LogP contribution is 2.40. The highest BCUT2D eigenvalue weighted by Gasteiger charge is 2.36. The Kier molecular flexibility index (Phi) is 6.98. The van der Waals surface area contributed by atoms with Gasteiger partial charge in [-0.1, -0.05) is 24.3 Å². The van der Waals surface area contributed by atoms with Crippen LogP contribution in [-0.2, 0) is 14.9 Å². The fraction of sp³-hybridized carbons (Fsp3) is 0.148. The fourth-order valence-electron chi connectivity index (χ4n) is 4.83. The van der Waals surface area contributed by atoms with Gasteiger partial charge in [-0.2, -0.15) is 23.4 Å². The number of carbonyl (C=O) groups is 2. The predicted molar refractivity (Wildman–Crippen MR) is 155 cm³/mol. The van der Waals surface area contributed by atoms with Crippen molar-refractivity contribution >= 4 is 67.9 Å². The number of fused-ring (bicyclic) bond motifs is 2. The van der Waals surface area contributed by atoms with E-state index in [2.05, 4.69) is 25.6 Å². The van der Waals surface area contributed by atoms with Crippen molar-refractivity contribution in [2.45, 2.75) is 4.90 Å². The third-order valence-electron chi connectivity index (χ3n) is 6.79. The number of benzene rings is 3. The molecule has 1 aliphatic carbocycles. The number of hydrogen-bond donors (Lipinski definition) is 4. The summed E-state index contributed by atoms with van der Waals surface area (Å²) in [7, 11) is -4.84. The summed E-state index contributed by atoms with van der Waals surface area (Å²) < 4.78 is 39.5. The molecule has 0 saturated carbocycles. The number of halogens is 1. The number of hydrogen-bond acceptors (Lipinski definition) is 12. The van der Waals surface area contributed by atoms with Crippen LogP contribution in [0.15, 0.2) is 59.5 Å². The van der Waals surface area contributed by atoms with Crippen LogP contribution < -0.4 is 21.3 Å². The molecule has 0 radical (unpaired) electrons. The maximum atomic E-state index is 13.5. The van der Waals surface area contributed by atoms with Crippen LogP contribution in [0.5, 0.6) is 0 Å². The average molecular weight is 608 g/mol. The summed E-state index contributed by atoms with van der Waals surface area (Å²) in [5.41, 5.74) is 6.41. The maximum Gasteiger partial charge on any atom is 0.296 e. The SMILES string of the molecule is Nc1c(S(=O)(=O)O)cc(Nc2ccc(Nc3nc(Cl)nc(N4CCOCC4)n3)cc2)c2c1C(=O)c1ccccc1C2=O. The van der Waals surface area contributed by atoms with E-state index in [1.54, 1.807) is 36.4 Å². The molecule has 0 amide bonds. The predicted octanol–water partition coefficient (Wildman–Crippen LogP) is 3.45. The van der Waals surface area contributed by atoms with E-state index in [1.807, 2.05) is 4.90 Å². The van der Waals surface area contributed by atoms with Gasteiger partial charge in [-0.25, -0.2) is 0 Å². The molecule has 2 heterocycles. The van der Waals surface area contributed by atoms with Gasteiger partial charge in [0.2, 0.25) is 17.2 Å². The Labute approximate surface area is 244 Å². The summed E-state index contributed by atoms with van der Waals surface area (Å²) in [4.78, 5) is 40.9. The van der Waals surface area contributed by atoms with Gasteiger partial charge in [-0.05, 0) is 41.9 Å². The van der Waals surface area contributed by atoms with Crippen molar-refractivity contribution in [3.05, 3.63) is 82.1 Å². The molecule has 1 saturated heterocycles. The highest BCUT2D eigenvalue weighted by molar-refractivity contribution is 7.86. The fourth-order valence-corrected chi connectivity index (χ4v) is 5.63. The van der Waals surface area contributed by atoms with E-state index in [4.69, 9.17) is 22.1 Å². The highest BCUT2D eigenvalue weighted by atomic mass is 35.5. The number of aromatic nitrogens is 3. The van der Waals surface area contributed by atoms with Gasteiger partial charge < -0.3 is 26.0 Å². The van der Waals surface area contributed by atoms with E-state index in [1.165, 1.54) is 12.1 Å². The van der Waals surface area contributed by atoms with Crippen molar-refractivity contribution in [1.29, 1.82) is 0 Å². The van der Waals surface area contributed by atoms with Crippen LogP contribution >= 0.6 is 11.6 Å². The molecule has 0 unspecified atom stereocenters. The number of ketones is 2. The van der Waals surface area contributed by atoms with Gasteiger partial charge in [0.05, 0.1) is 35.7 Å². The van der Waals surface area contributed by atoms with Gasteiger partial charge in [0, 0.05) is 35.6 Å². The van der Waals surface area contributed by atoms with E-state index < -0.39 is 32.3 Å². The first-order valence-electron chi connectivity index (χ1n) is 12.6. The first kappa shape index (κ1) is 27.5. The van der Waals surface area contributed by atoms with E-state index in [0.29, 0.717) is 43.6 Å². The van der Waals surface area contributed by atoms with Crippen molar-refractivity contribution in [1.82, 2.24) is 15.0 Å². The lowest BCUT2D eigenvalue weighted by Gasteiger charge is -2.26. The van der Waals surface area contributed by atoms with Gasteiger partial charge in [0.15, 0.2) is 11.6 Å². The van der Waals surface area contributed by atoms with Crippen LogP contribution in [0.3, 0.4) is 0 Å². The lowest BCUT2D eigenvalue weighted by atomic mass is 9.82. The lowest BCUT2D eigenvalue weighted by Crippen LogP contribution is -2.37. The van der Waals surface area contributed by atoms with Gasteiger partial charge >= 0.3 is 0 Å². The summed E-state index contributed by atoms with van der Waals surface area (Å²) in [6, 6.07) is 13.9. The van der Waals surface area contributed by atoms with Crippen LogP contribution in [0.4, 0.5) is 34.6 Å². The Bertz CT molecular complexity index is 1860. The normalized spacial score (nSPS) is 14.8. The molecule has 13 nitrogen and oxygen atoms in total. The van der Waals surface area contributed by atoms with Gasteiger partial charge in [0.25, 0.3) is 10.1 Å². The van der Waals surface area contributed by atoms with Crippen molar-refractivity contribution in [2.24, 2.45) is 0 Å². The smallest absolute Gasteiger partial charge is 0.296 e. The van der Waals surface area contributed by atoms with Crippen LogP contribution in [-0.4, -0.2) is 65.8 Å². The van der Waals surface area contributed by atoms with Crippen LogP contribution in [0, 0.1) is 0 Å². The summed E-state index contributed by atoms with van der Waals surface area (Å²) in [6.07, 6.45) is 0. The largest absolute Gasteiger partial charge is 0.397 e. The van der Waals surface area contributed by atoms with Gasteiger partial charge in [-0.15, -0.1) is 0 Å². The third kappa shape index (κ3) is 5.12. The molecule has 0 bridgehead atoms. The van der Waals surface area contributed by atoms with E-state index in [-0.39, 0.29) is 39.2 Å². The van der Waals surface area contributed by atoms with Crippen molar-refractivity contribution in [2.75, 3.05) is 47.6 Å². The molecule has 5 N–H and O–H groups in total. The zero-order valence-corrected chi connectivity index (χ0v) is 23.2. The number of nitrogen functional groups attached to an aromatic ring is 1. The topological polar surface area (TPSA) is 190 Å². The number of rotatable bonds is 6. The maximum absolute atomic E-state index is 13.5. The standard InChI is InChI=1S/C27H22ClN7O6S/c28-25-32-26(34-27(33-25)35-9-11-41-12-10-35)31-15-7-5-14(6-8-15)30-18-13-19(42(38,39)40)22(29)21-20(18)23(36)16-3-1-2-4-17(16)24(21)37/h1-8,13,30H,9-12,29H2,(H,38,39,40)(H,31,32,33,34). The van der Waals surface area contributed by atoms with Crippen LogP contribution in [0.1, 0.15) is 31.8 Å². The molecule has 1 aromatic heterocycles. The minimum atomic E-state index is -4.84. The number of nitrogens with zero attached hydrogens (tertiary/aromatic N) is 4. The second kappa shape index (κ2) is 10.6. The average Bonchev–Trinajstić information content (AvgIpc) is 2.97. The first-order valence-corrected chi connectivity index (χ1v) is 14.4. The second-order valence-electron chi connectivity index (χ2n) is 9.42. The molecule has 214 valence electrons. The molecular weight excluding hydrogens is 586 g/mol. The third-order valence-corrected chi connectivity index (χ3v) is 7.85. The number of anilines is 6. The van der Waals surface area contributed by atoms with E-state index in [0.717, 1.165) is 6.07 Å². The van der Waals surface area contributed by atoms with Crippen molar-refractivity contribution in [3.63, 3.8) is 0 Å². The van der Waals surface area contributed by atoms with Crippen molar-refractivity contribution in [3.8, 4) is 0 Å². The Balaban J connectivity index is 1.32. The number of ether oxygens (including phenoxy) is 1. The Hall–Kier alpha value is -4.63. The Morgan fingerprint density at radius 1 is 0.881 bits per heavy atom. The van der Waals surface area contributed by atoms with Gasteiger partial charge in [-0.3, -0.25) is 14.1 Å². The summed E-state index contributed by atoms with van der Waals surface area (Å²) in [5.74, 6) is -0.497. The van der Waals surface area contributed by atoms with Crippen LogP contribution in [0.25, 0.3) is 0 Å². The Morgan fingerprint density at radius 3 is 2.10 bits per heavy atom. The van der Waals surface area contributed by atoms with Crippen molar-refractivity contribution < 1.29 is 27.3 Å². The number of nitrogens with one attached hydrogen (secondary N) is 2. The molecule has 42 heavy (non-hydrogen) atoms. The Morgan fingerprint density at radius 2 is 1.48 bits per heavy atom. The monoisotopic (exact) mass is 607 g/mol. The van der Waals surface area contributed by atoms with Crippen LogP contribution in [0.2, 0.25) is 5.28 Å². The molecule has 0 atom stereocenters. The summed E-state index contributed by atoms with van der Waals surface area (Å²) >= 11 is 6.13. The quantitative estimate of drug-likeness (QED) is 0.162. The van der Waals surface area contributed by atoms with E-state index in [9.17, 15) is 22.6 Å². The molecule has 2 aliphatic rings. The molecule has 1 fully saturated rings. The zero-order valence-electron chi connectivity index (χ0n) is 21.7. The lowest BCUT2D eigenvalue weighted by molar-refractivity contribution is 0.0980. The second-order valence-corrected chi connectivity index (χ2v) is 11.1. The molecular formula is C27H22ClN7O6S. The molecule has 6 rings (SSSR count). The molecule has 15 heteroatoms. The molecule has 1 aliphatic heterocycles. The number of morpholine rings is 1. The number of carbonyl (C=O) groups excluding carboxylic acids is 2. The van der Waals surface area contributed by atoms with Gasteiger partial charge in [0.1, 0.15) is 4.90 Å². The summed E-state index contributed by atoms with van der Waals surface area (Å²) in [6.45, 7) is 2.34. The molecule has 4 aromatic rings. The number of nitrogens with two attached hydrogens (primary N) is 1. The minimum absolute atomic E-state index is 0.0141.